The van der Waals surface area contributed by atoms with E-state index >= 15 is 0 Å². The minimum absolute atomic E-state index is 0.0375. The molecule has 4 rings (SSSR count). The van der Waals surface area contributed by atoms with Gasteiger partial charge < -0.3 is 5.11 Å². The molecule has 0 amide bonds. The molecule has 0 aliphatic carbocycles. The first-order valence-corrected chi connectivity index (χ1v) is 9.32. The molecule has 0 unspecified atom stereocenters. The summed E-state index contributed by atoms with van der Waals surface area (Å²) < 4.78 is 2.65. The monoisotopic (exact) mass is 382 g/mol. The Hall–Kier alpha value is -3.10. The molecule has 0 saturated carbocycles. The van der Waals surface area contributed by atoms with E-state index in [0.29, 0.717) is 4.88 Å². The smallest absolute Gasteiger partial charge is 0.392 e. The molecule has 2 aromatic heterocycles. The Morgan fingerprint density at radius 1 is 1.12 bits per heavy atom. The van der Waals surface area contributed by atoms with Crippen LogP contribution in [0.1, 0.15) is 4.88 Å². The number of para-hydroxylation sites is 1. The van der Waals surface area contributed by atoms with Crippen LogP contribution in [0, 0.1) is 10.1 Å². The number of nitro groups is 1. The number of aromatic hydroxyl groups is 1. The number of rotatable bonds is 4. The lowest BCUT2D eigenvalue weighted by Crippen LogP contribution is -2.18. The van der Waals surface area contributed by atoms with Crippen molar-refractivity contribution in [2.45, 2.75) is 0 Å². The molecule has 1 N–H and O–H groups in total. The highest BCUT2D eigenvalue weighted by Crippen LogP contribution is 2.31. The van der Waals surface area contributed by atoms with Gasteiger partial charge in [0.05, 0.1) is 22.2 Å². The van der Waals surface area contributed by atoms with Crippen molar-refractivity contribution in [3.63, 3.8) is 0 Å². The molecule has 0 aliphatic rings. The molecule has 26 heavy (non-hydrogen) atoms. The lowest BCUT2D eigenvalue weighted by atomic mass is 10.1. The van der Waals surface area contributed by atoms with Crippen molar-refractivity contribution in [1.29, 1.82) is 0 Å². The second-order valence-electron chi connectivity index (χ2n) is 5.41. The first-order chi connectivity index (χ1) is 12.6. The van der Waals surface area contributed by atoms with Crippen LogP contribution >= 0.6 is 22.7 Å². The highest BCUT2D eigenvalue weighted by molar-refractivity contribution is 7.35. The van der Waals surface area contributed by atoms with Gasteiger partial charge in [-0.05, 0) is 35.6 Å². The van der Waals surface area contributed by atoms with E-state index in [9.17, 15) is 15.2 Å². The molecule has 0 atom stereocenters. The van der Waals surface area contributed by atoms with E-state index in [2.05, 4.69) is 4.99 Å². The van der Waals surface area contributed by atoms with E-state index in [1.54, 1.807) is 22.7 Å². The van der Waals surface area contributed by atoms with Gasteiger partial charge in [-0.3, -0.25) is 15.1 Å². The summed E-state index contributed by atoms with van der Waals surface area (Å²) in [4.78, 5) is 15.4. The number of hydrogen-bond donors (Lipinski definition) is 1. The zero-order chi connectivity index (χ0) is 18.1. The minimum Gasteiger partial charge on any atom is -0.458 e. The van der Waals surface area contributed by atoms with Crippen LogP contribution in [0.3, 0.4) is 0 Å². The van der Waals surface area contributed by atoms with E-state index in [-0.39, 0.29) is 11.6 Å². The maximum Gasteiger partial charge on any atom is 0.392 e. The van der Waals surface area contributed by atoms with Crippen molar-refractivity contribution in [2.24, 2.45) is 4.99 Å². The summed E-state index contributed by atoms with van der Waals surface area (Å²) in [6, 6.07) is 15.8. The summed E-state index contributed by atoms with van der Waals surface area (Å²) in [5.41, 5.74) is 2.43. The third-order valence-electron chi connectivity index (χ3n) is 3.79. The Morgan fingerprint density at radius 3 is 2.54 bits per heavy atom. The predicted molar refractivity (Wildman–Crippen MR) is 103 cm³/mol. The van der Waals surface area contributed by atoms with Gasteiger partial charge in [-0.2, -0.15) is 0 Å². The van der Waals surface area contributed by atoms with Gasteiger partial charge in [-0.15, -0.1) is 4.40 Å². The van der Waals surface area contributed by atoms with Crippen LogP contribution in [-0.4, -0.2) is 16.2 Å². The molecule has 4 aromatic rings. The molecular formula is C18H12N3O3S2+. The zero-order valence-electron chi connectivity index (χ0n) is 13.3. The SMILES string of the molecule is O=[N+]([O-])c1ccc(-c2csc3sc(C=Nc4ccccc4)c(O)[n+]23)cc1. The van der Waals surface area contributed by atoms with Gasteiger partial charge in [-0.1, -0.05) is 29.5 Å². The van der Waals surface area contributed by atoms with Gasteiger partial charge in [0.2, 0.25) is 5.69 Å². The molecule has 6 nitrogen and oxygen atoms in total. The maximum atomic E-state index is 10.8. The van der Waals surface area contributed by atoms with E-state index in [4.69, 9.17) is 0 Å². The highest BCUT2D eigenvalue weighted by atomic mass is 32.2. The fourth-order valence-corrected chi connectivity index (χ4v) is 4.62. The molecule has 0 bridgehead atoms. The molecule has 8 heteroatoms. The second-order valence-corrected chi connectivity index (χ2v) is 7.56. The van der Waals surface area contributed by atoms with Crippen LogP contribution in [-0.2, 0) is 0 Å². The average molecular weight is 382 g/mol. The molecule has 128 valence electrons. The highest BCUT2D eigenvalue weighted by Gasteiger charge is 2.26. The van der Waals surface area contributed by atoms with E-state index in [1.807, 2.05) is 35.7 Å². The summed E-state index contributed by atoms with van der Waals surface area (Å²) in [7, 11) is 0. The van der Waals surface area contributed by atoms with Crippen LogP contribution < -0.4 is 4.40 Å². The van der Waals surface area contributed by atoms with Crippen molar-refractivity contribution < 1.29 is 14.4 Å². The van der Waals surface area contributed by atoms with Crippen molar-refractivity contribution in [2.75, 3.05) is 0 Å². The summed E-state index contributed by atoms with van der Waals surface area (Å²) in [5, 5.41) is 23.4. The lowest BCUT2D eigenvalue weighted by Gasteiger charge is -1.94. The number of fused-ring (bicyclic) bond motifs is 1. The second kappa shape index (κ2) is 6.66. The van der Waals surface area contributed by atoms with Gasteiger partial charge in [0, 0.05) is 17.7 Å². The number of non-ortho nitro benzene ring substituents is 1. The van der Waals surface area contributed by atoms with Crippen molar-refractivity contribution in [3.05, 3.63) is 75.0 Å². The Bertz CT molecular complexity index is 1120. The van der Waals surface area contributed by atoms with Crippen molar-refractivity contribution in [3.8, 4) is 17.1 Å². The molecule has 0 fully saturated rings. The van der Waals surface area contributed by atoms with Gasteiger partial charge >= 0.3 is 10.0 Å². The Balaban J connectivity index is 1.73. The predicted octanol–water partition coefficient (Wildman–Crippen LogP) is 4.58. The number of benzene rings is 2. The number of thiazole rings is 2. The fourth-order valence-electron chi connectivity index (χ4n) is 2.51. The topological polar surface area (TPSA) is 79.8 Å². The van der Waals surface area contributed by atoms with E-state index in [0.717, 1.165) is 21.1 Å². The molecule has 0 aliphatic heterocycles. The van der Waals surface area contributed by atoms with Crippen LogP contribution in [0.4, 0.5) is 11.4 Å². The summed E-state index contributed by atoms with van der Waals surface area (Å²) in [5.74, 6) is 0.110. The standard InChI is InChI=1S/C18H11N3O3S2/c22-17-16(10-19-13-4-2-1-3-5-13)26-18-20(17)15(11-25-18)12-6-8-14(9-7-12)21(23)24/h1-11H/p+1. The van der Waals surface area contributed by atoms with Gasteiger partial charge in [0.15, 0.2) is 4.88 Å². The first-order valence-electron chi connectivity index (χ1n) is 7.62. The number of nitrogens with zero attached hydrogens (tertiary/aromatic N) is 3. The molecule has 0 spiro atoms. The molecule has 2 heterocycles. The summed E-state index contributed by atoms with van der Waals surface area (Å²) in [6.07, 6.45) is 1.65. The Morgan fingerprint density at radius 2 is 1.85 bits per heavy atom. The third kappa shape index (κ3) is 2.96. The maximum absolute atomic E-state index is 10.8. The lowest BCUT2D eigenvalue weighted by molar-refractivity contribution is -0.502. The van der Waals surface area contributed by atoms with Gasteiger partial charge in [-0.25, -0.2) is 0 Å². The van der Waals surface area contributed by atoms with E-state index < -0.39 is 4.92 Å². The number of nitro benzene ring substituents is 1. The molecule has 0 radical (unpaired) electrons. The average Bonchev–Trinajstić information content (AvgIpc) is 3.21. The summed E-state index contributed by atoms with van der Waals surface area (Å²) >= 11 is 2.94. The molecular weight excluding hydrogens is 370 g/mol. The van der Waals surface area contributed by atoms with Crippen molar-refractivity contribution in [1.82, 2.24) is 0 Å². The normalized spacial score (nSPS) is 11.4. The fraction of sp³-hybridized carbons (Fsp3) is 0. The minimum atomic E-state index is -0.430. The Kier molecular flexibility index (Phi) is 4.19. The quantitative estimate of drug-likeness (QED) is 0.243. The van der Waals surface area contributed by atoms with E-state index in [1.165, 1.54) is 34.8 Å². The van der Waals surface area contributed by atoms with Gasteiger partial charge in [0.25, 0.3) is 5.69 Å². The first kappa shape index (κ1) is 16.4. The van der Waals surface area contributed by atoms with Crippen LogP contribution in [0.15, 0.2) is 65.0 Å². The largest absolute Gasteiger partial charge is 0.458 e. The number of aromatic nitrogens is 1. The van der Waals surface area contributed by atoms with Crippen LogP contribution in [0.25, 0.3) is 15.4 Å². The van der Waals surface area contributed by atoms with Crippen molar-refractivity contribution >= 4 is 44.4 Å². The Labute approximate surface area is 156 Å². The zero-order valence-corrected chi connectivity index (χ0v) is 14.9. The molecule has 2 aromatic carbocycles. The van der Waals surface area contributed by atoms with Gasteiger partial charge in [0.1, 0.15) is 0 Å². The van der Waals surface area contributed by atoms with Crippen LogP contribution in [0.5, 0.6) is 5.88 Å². The summed E-state index contributed by atoms with van der Waals surface area (Å²) in [6.45, 7) is 0. The third-order valence-corrected chi connectivity index (χ3v) is 5.91. The van der Waals surface area contributed by atoms with Crippen LogP contribution in [0.2, 0.25) is 0 Å². The number of hydrogen-bond acceptors (Lipinski definition) is 6. The molecule has 0 saturated heterocycles. The number of aliphatic imine (C=N–C) groups is 1.